The summed E-state index contributed by atoms with van der Waals surface area (Å²) in [7, 11) is 0. The molecule has 6 heteroatoms. The Kier molecular flexibility index (Phi) is 6.18. The number of amides is 2. The van der Waals surface area contributed by atoms with Gasteiger partial charge in [-0.05, 0) is 45.2 Å². The predicted molar refractivity (Wildman–Crippen MR) is 96.8 cm³/mol. The molecular weight excluding hydrogens is 334 g/mol. The molecule has 0 saturated heterocycles. The number of nitrogens with zero attached hydrogens (tertiary/aromatic N) is 1. The first-order valence-corrected chi connectivity index (χ1v) is 8.91. The SMILES string of the molecule is CC(C)CCOC(=O)C(C)OCC(C)(C)N1C(=O)c2ccccc2C1=O. The molecule has 0 N–H and O–H groups in total. The number of carbonyl (C=O) groups is 3. The zero-order chi connectivity index (χ0) is 19.5. The maximum absolute atomic E-state index is 12.6. The lowest BCUT2D eigenvalue weighted by molar-refractivity contribution is -0.157. The minimum atomic E-state index is -0.889. The van der Waals surface area contributed by atoms with Crippen molar-refractivity contribution in [1.29, 1.82) is 0 Å². The minimum absolute atomic E-state index is 0.0406. The van der Waals surface area contributed by atoms with E-state index in [0.717, 1.165) is 6.42 Å². The molecule has 26 heavy (non-hydrogen) atoms. The van der Waals surface area contributed by atoms with E-state index in [-0.39, 0.29) is 18.4 Å². The van der Waals surface area contributed by atoms with Crippen LogP contribution in [0.4, 0.5) is 0 Å². The van der Waals surface area contributed by atoms with Gasteiger partial charge in [0.25, 0.3) is 11.8 Å². The highest BCUT2D eigenvalue weighted by molar-refractivity contribution is 6.21. The smallest absolute Gasteiger partial charge is 0.334 e. The van der Waals surface area contributed by atoms with Crippen molar-refractivity contribution in [3.8, 4) is 0 Å². The van der Waals surface area contributed by atoms with Gasteiger partial charge in [0.1, 0.15) is 0 Å². The molecule has 0 aliphatic carbocycles. The Morgan fingerprint density at radius 3 is 2.12 bits per heavy atom. The van der Waals surface area contributed by atoms with Crippen LogP contribution in [0.25, 0.3) is 0 Å². The predicted octanol–water partition coefficient (Wildman–Crippen LogP) is 3.06. The summed E-state index contributed by atoms with van der Waals surface area (Å²) in [6.45, 7) is 9.59. The van der Waals surface area contributed by atoms with Crippen LogP contribution in [0.3, 0.4) is 0 Å². The Morgan fingerprint density at radius 2 is 1.62 bits per heavy atom. The van der Waals surface area contributed by atoms with E-state index in [1.54, 1.807) is 45.0 Å². The third kappa shape index (κ3) is 4.30. The van der Waals surface area contributed by atoms with Crippen molar-refractivity contribution in [1.82, 2.24) is 4.90 Å². The number of ether oxygens (including phenoxy) is 2. The molecule has 1 heterocycles. The molecule has 1 atom stereocenters. The summed E-state index contributed by atoms with van der Waals surface area (Å²) >= 11 is 0. The second-order valence-corrected chi connectivity index (χ2v) is 7.61. The highest BCUT2D eigenvalue weighted by atomic mass is 16.6. The van der Waals surface area contributed by atoms with E-state index in [9.17, 15) is 14.4 Å². The van der Waals surface area contributed by atoms with Crippen LogP contribution in [-0.4, -0.2) is 47.5 Å². The molecule has 2 amide bonds. The summed E-state index contributed by atoms with van der Waals surface area (Å²) < 4.78 is 10.8. The highest BCUT2D eigenvalue weighted by Crippen LogP contribution is 2.29. The molecule has 0 saturated carbocycles. The summed E-state index contributed by atoms with van der Waals surface area (Å²) in [6.07, 6.45) is 0.0236. The second kappa shape index (κ2) is 7.99. The van der Waals surface area contributed by atoms with Gasteiger partial charge in [-0.3, -0.25) is 14.5 Å². The van der Waals surface area contributed by atoms with Crippen LogP contribution in [0.15, 0.2) is 24.3 Å². The lowest BCUT2D eigenvalue weighted by atomic mass is 10.0. The van der Waals surface area contributed by atoms with Crippen molar-refractivity contribution in [2.45, 2.75) is 52.7 Å². The van der Waals surface area contributed by atoms with Gasteiger partial charge >= 0.3 is 5.97 Å². The molecule has 1 unspecified atom stereocenters. The Labute approximate surface area is 154 Å². The Bertz CT molecular complexity index is 660. The zero-order valence-electron chi connectivity index (χ0n) is 16.1. The van der Waals surface area contributed by atoms with Crippen LogP contribution in [-0.2, 0) is 14.3 Å². The number of imide groups is 1. The highest BCUT2D eigenvalue weighted by Gasteiger charge is 2.44. The molecular formula is C20H27NO5. The molecule has 2 rings (SSSR count). The number of benzene rings is 1. The van der Waals surface area contributed by atoms with Gasteiger partial charge < -0.3 is 9.47 Å². The number of carbonyl (C=O) groups excluding carboxylic acids is 3. The van der Waals surface area contributed by atoms with E-state index in [4.69, 9.17) is 9.47 Å². The van der Waals surface area contributed by atoms with Crippen LogP contribution in [0.5, 0.6) is 0 Å². The fourth-order valence-corrected chi connectivity index (χ4v) is 2.71. The van der Waals surface area contributed by atoms with E-state index in [1.807, 2.05) is 0 Å². The van der Waals surface area contributed by atoms with Gasteiger partial charge in [-0.2, -0.15) is 0 Å². The van der Waals surface area contributed by atoms with Crippen LogP contribution >= 0.6 is 0 Å². The first-order valence-electron chi connectivity index (χ1n) is 8.91. The molecule has 0 bridgehead atoms. The maximum Gasteiger partial charge on any atom is 0.334 e. The van der Waals surface area contributed by atoms with Crippen molar-refractivity contribution in [2.24, 2.45) is 5.92 Å². The molecule has 142 valence electrons. The lowest BCUT2D eigenvalue weighted by Crippen LogP contribution is -2.51. The van der Waals surface area contributed by atoms with E-state index >= 15 is 0 Å². The van der Waals surface area contributed by atoms with Crippen molar-refractivity contribution in [3.05, 3.63) is 35.4 Å². The Hall–Kier alpha value is -2.21. The number of rotatable bonds is 8. The van der Waals surface area contributed by atoms with Gasteiger partial charge in [0, 0.05) is 0 Å². The van der Waals surface area contributed by atoms with Crippen LogP contribution < -0.4 is 0 Å². The van der Waals surface area contributed by atoms with Crippen molar-refractivity contribution in [3.63, 3.8) is 0 Å². The molecule has 1 aliphatic rings. The van der Waals surface area contributed by atoms with E-state index in [0.29, 0.717) is 23.7 Å². The van der Waals surface area contributed by atoms with Gasteiger partial charge in [0.05, 0.1) is 29.9 Å². The molecule has 0 aromatic heterocycles. The quantitative estimate of drug-likeness (QED) is 0.526. The van der Waals surface area contributed by atoms with Gasteiger partial charge in [-0.1, -0.05) is 26.0 Å². The average Bonchev–Trinajstić information content (AvgIpc) is 2.84. The second-order valence-electron chi connectivity index (χ2n) is 7.61. The Balaban J connectivity index is 1.96. The van der Waals surface area contributed by atoms with Crippen molar-refractivity contribution < 1.29 is 23.9 Å². The summed E-state index contributed by atoms with van der Waals surface area (Å²) in [5.41, 5.74) is -0.0990. The molecule has 0 spiro atoms. The number of hydrogen-bond acceptors (Lipinski definition) is 5. The lowest BCUT2D eigenvalue weighted by Gasteiger charge is -2.34. The van der Waals surface area contributed by atoms with Gasteiger partial charge in [-0.25, -0.2) is 4.79 Å². The summed E-state index contributed by atoms with van der Waals surface area (Å²) in [6, 6.07) is 6.74. The maximum atomic E-state index is 12.6. The fourth-order valence-electron chi connectivity index (χ4n) is 2.71. The molecule has 1 aromatic rings. The normalized spacial score (nSPS) is 15.4. The summed E-state index contributed by atoms with van der Waals surface area (Å²) in [4.78, 5) is 38.4. The van der Waals surface area contributed by atoms with E-state index < -0.39 is 17.6 Å². The standard InChI is InChI=1S/C20H27NO5/c1-13(2)10-11-25-19(24)14(3)26-12-20(4,5)21-17(22)15-8-6-7-9-16(15)18(21)23/h6-9,13-14H,10-12H2,1-5H3. The van der Waals surface area contributed by atoms with Gasteiger partial charge in [-0.15, -0.1) is 0 Å². The van der Waals surface area contributed by atoms with Crippen LogP contribution in [0.2, 0.25) is 0 Å². The Morgan fingerprint density at radius 1 is 1.08 bits per heavy atom. The molecule has 1 aliphatic heterocycles. The van der Waals surface area contributed by atoms with Gasteiger partial charge in [0.2, 0.25) is 0 Å². The van der Waals surface area contributed by atoms with E-state index in [2.05, 4.69) is 13.8 Å². The third-order valence-corrected chi connectivity index (χ3v) is 4.36. The van der Waals surface area contributed by atoms with Gasteiger partial charge in [0.15, 0.2) is 6.10 Å². The zero-order valence-corrected chi connectivity index (χ0v) is 16.1. The number of esters is 1. The third-order valence-electron chi connectivity index (χ3n) is 4.36. The molecule has 0 radical (unpaired) electrons. The average molecular weight is 361 g/mol. The number of hydrogen-bond donors (Lipinski definition) is 0. The van der Waals surface area contributed by atoms with Crippen LogP contribution in [0, 0.1) is 5.92 Å². The largest absolute Gasteiger partial charge is 0.464 e. The topological polar surface area (TPSA) is 72.9 Å². The van der Waals surface area contributed by atoms with Crippen molar-refractivity contribution >= 4 is 17.8 Å². The molecule has 0 fully saturated rings. The van der Waals surface area contributed by atoms with Crippen LogP contribution in [0.1, 0.15) is 61.8 Å². The fraction of sp³-hybridized carbons (Fsp3) is 0.550. The molecule has 6 nitrogen and oxygen atoms in total. The first kappa shape index (κ1) is 20.1. The minimum Gasteiger partial charge on any atom is -0.464 e. The monoisotopic (exact) mass is 361 g/mol. The van der Waals surface area contributed by atoms with E-state index in [1.165, 1.54) is 4.90 Å². The number of fused-ring (bicyclic) bond motifs is 1. The summed E-state index contributed by atoms with van der Waals surface area (Å²) in [5, 5.41) is 0. The molecule has 1 aromatic carbocycles. The first-order chi connectivity index (χ1) is 12.1. The summed E-state index contributed by atoms with van der Waals surface area (Å²) in [5.74, 6) is -0.673. The van der Waals surface area contributed by atoms with Crippen molar-refractivity contribution in [2.75, 3.05) is 13.2 Å².